The molecule has 2 bridgehead atoms. The van der Waals surface area contributed by atoms with Crippen molar-refractivity contribution in [2.24, 2.45) is 0 Å². The van der Waals surface area contributed by atoms with Crippen LogP contribution in [-0.2, 0) is 32.6 Å². The molecule has 10 unspecified atom stereocenters. The molecule has 0 spiro atoms. The van der Waals surface area contributed by atoms with Crippen LogP contribution in [-0.4, -0.2) is 116 Å². The topological polar surface area (TPSA) is 293 Å². The average molecular weight is 624 g/mol. The minimum atomic E-state index is -4.98. The number of rotatable bonds is 2. The maximum absolute atomic E-state index is 13.2. The Morgan fingerprint density at radius 3 is 2.07 bits per heavy atom. The van der Waals surface area contributed by atoms with Crippen molar-refractivity contribution < 1.29 is 52.8 Å². The first-order valence-electron chi connectivity index (χ1n) is 12.7. The summed E-state index contributed by atoms with van der Waals surface area (Å²) >= 11 is 0. The second-order valence-corrected chi connectivity index (χ2v) is 11.2. The molecule has 43 heavy (non-hydrogen) atoms. The Bertz CT molecular complexity index is 1710. The molecule has 4 aromatic heterocycles. The number of ether oxygens (including phenoxy) is 4. The minimum absolute atomic E-state index is 0.0599. The number of aromatic nitrogens is 8. The summed E-state index contributed by atoms with van der Waals surface area (Å²) in [5.41, 5.74) is 12.6. The third kappa shape index (κ3) is 4.89. The van der Waals surface area contributed by atoms with Gasteiger partial charge in [-0.1, -0.05) is 0 Å². The number of phosphoric ester groups is 1. The van der Waals surface area contributed by atoms with Gasteiger partial charge >= 0.3 is 7.82 Å². The predicted molar refractivity (Wildman–Crippen MR) is 137 cm³/mol. The van der Waals surface area contributed by atoms with Crippen molar-refractivity contribution in [1.82, 2.24) is 39.0 Å². The number of fused-ring (bicyclic) bond motifs is 5. The van der Waals surface area contributed by atoms with E-state index in [2.05, 4.69) is 29.9 Å². The Hall–Kier alpha value is -3.47. The van der Waals surface area contributed by atoms with E-state index in [0.717, 1.165) is 0 Å². The fourth-order valence-corrected chi connectivity index (χ4v) is 6.14. The van der Waals surface area contributed by atoms with E-state index in [1.165, 1.54) is 34.4 Å². The van der Waals surface area contributed by atoms with Crippen LogP contribution in [0.2, 0.25) is 0 Å². The molecule has 21 nitrogen and oxygen atoms in total. The van der Waals surface area contributed by atoms with Crippen molar-refractivity contribution in [1.29, 1.82) is 0 Å². The lowest BCUT2D eigenvalue weighted by atomic mass is 10.1. The lowest BCUT2D eigenvalue weighted by Gasteiger charge is -2.25. The molecule has 10 atom stereocenters. The molecule has 4 aromatic rings. The lowest BCUT2D eigenvalue weighted by Crippen LogP contribution is -2.40. The number of aliphatic hydroxyl groups is 3. The Labute approximate surface area is 239 Å². The lowest BCUT2D eigenvalue weighted by molar-refractivity contribution is -0.264. The summed E-state index contributed by atoms with van der Waals surface area (Å²) in [7, 11) is -4.98. The van der Waals surface area contributed by atoms with Crippen LogP contribution in [0, 0.1) is 0 Å². The summed E-state index contributed by atoms with van der Waals surface area (Å²) in [5.74, 6) is 0.165. The highest BCUT2D eigenvalue weighted by atomic mass is 31.2. The number of hydrogen-bond acceptors (Lipinski definition) is 18. The summed E-state index contributed by atoms with van der Waals surface area (Å²) in [6, 6.07) is 0. The number of nitrogen functional groups attached to an aromatic ring is 2. The van der Waals surface area contributed by atoms with Crippen molar-refractivity contribution in [3.05, 3.63) is 25.3 Å². The highest BCUT2D eigenvalue weighted by molar-refractivity contribution is 7.47. The Balaban J connectivity index is 1.17. The predicted octanol–water partition coefficient (Wildman–Crippen LogP) is -2.46. The van der Waals surface area contributed by atoms with E-state index in [0.29, 0.717) is 0 Å². The molecule has 230 valence electrons. The molecule has 3 saturated heterocycles. The first-order chi connectivity index (χ1) is 20.6. The first-order valence-corrected chi connectivity index (χ1v) is 14.2. The Morgan fingerprint density at radius 2 is 1.42 bits per heavy atom. The van der Waals surface area contributed by atoms with Gasteiger partial charge in [-0.05, 0) is 0 Å². The molecule has 0 radical (unpaired) electrons. The molecule has 0 aliphatic carbocycles. The zero-order chi connectivity index (χ0) is 30.0. The third-order valence-electron chi connectivity index (χ3n) is 7.18. The van der Waals surface area contributed by atoms with E-state index in [1.54, 1.807) is 0 Å². The molecule has 3 aliphatic rings. The summed E-state index contributed by atoms with van der Waals surface area (Å²) in [6.45, 7) is -1.16. The smallest absolute Gasteiger partial charge is 0.386 e. The summed E-state index contributed by atoms with van der Waals surface area (Å²) < 4.78 is 49.4. The maximum Gasteiger partial charge on any atom is 0.472 e. The van der Waals surface area contributed by atoms with Gasteiger partial charge in [0, 0.05) is 0 Å². The van der Waals surface area contributed by atoms with E-state index in [4.69, 9.17) is 39.5 Å². The SMILES string of the molecule is Nc1ncnc2c1ncn2C1OC2COP(=O)(O)OC3C(O)C(OC(O)COC2C1O)OC3n1cnc2c(N)ncnc21. The Morgan fingerprint density at radius 1 is 0.791 bits per heavy atom. The van der Waals surface area contributed by atoms with Crippen molar-refractivity contribution in [2.45, 2.75) is 55.6 Å². The number of nitrogens with two attached hydrogens (primary N) is 2. The summed E-state index contributed by atoms with van der Waals surface area (Å²) in [5, 5.41) is 32.7. The summed E-state index contributed by atoms with van der Waals surface area (Å²) in [4.78, 5) is 35.0. The fourth-order valence-electron chi connectivity index (χ4n) is 5.21. The molecule has 7 rings (SSSR count). The molecule has 0 saturated carbocycles. The van der Waals surface area contributed by atoms with Crippen LogP contribution in [0.15, 0.2) is 25.3 Å². The van der Waals surface area contributed by atoms with Gasteiger partial charge in [-0.25, -0.2) is 34.5 Å². The second-order valence-electron chi connectivity index (χ2n) is 9.83. The number of phosphoric acid groups is 1. The molecule has 7 heterocycles. The number of anilines is 2. The first kappa shape index (κ1) is 28.3. The molecule has 0 amide bonds. The van der Waals surface area contributed by atoms with E-state index in [1.807, 2.05) is 0 Å². The van der Waals surface area contributed by atoms with Crippen LogP contribution in [0.25, 0.3) is 22.3 Å². The second kappa shape index (κ2) is 10.6. The van der Waals surface area contributed by atoms with E-state index in [-0.39, 0.29) is 34.0 Å². The molecular weight excluding hydrogens is 599 g/mol. The van der Waals surface area contributed by atoms with Gasteiger partial charge in [-0.3, -0.25) is 18.2 Å². The van der Waals surface area contributed by atoms with Crippen molar-refractivity contribution in [3.63, 3.8) is 0 Å². The van der Waals surface area contributed by atoms with Crippen LogP contribution >= 0.6 is 7.82 Å². The van der Waals surface area contributed by atoms with Gasteiger partial charge in [0.05, 0.1) is 25.9 Å². The number of hydrogen-bond donors (Lipinski definition) is 6. The zero-order valence-corrected chi connectivity index (χ0v) is 22.6. The van der Waals surface area contributed by atoms with Crippen molar-refractivity contribution in [2.75, 3.05) is 24.7 Å². The maximum atomic E-state index is 13.2. The van der Waals surface area contributed by atoms with Crippen LogP contribution in [0.5, 0.6) is 0 Å². The van der Waals surface area contributed by atoms with Gasteiger partial charge in [0.2, 0.25) is 0 Å². The van der Waals surface area contributed by atoms with Gasteiger partial charge < -0.3 is 50.6 Å². The highest BCUT2D eigenvalue weighted by Crippen LogP contribution is 2.50. The van der Waals surface area contributed by atoms with Crippen LogP contribution in [0.3, 0.4) is 0 Å². The molecule has 3 fully saturated rings. The molecular formula is C21H25N10O11P. The largest absolute Gasteiger partial charge is 0.472 e. The third-order valence-corrected chi connectivity index (χ3v) is 8.17. The molecule has 3 aliphatic heterocycles. The minimum Gasteiger partial charge on any atom is -0.386 e. The van der Waals surface area contributed by atoms with Gasteiger partial charge in [0.15, 0.2) is 48.0 Å². The number of aliphatic hydroxyl groups excluding tert-OH is 3. The Kier molecular flexibility index (Phi) is 6.98. The normalized spacial score (nSPS) is 37.2. The summed E-state index contributed by atoms with van der Waals surface area (Å²) in [6.07, 6.45) is -7.90. The van der Waals surface area contributed by atoms with Crippen LogP contribution in [0.1, 0.15) is 12.5 Å². The highest BCUT2D eigenvalue weighted by Gasteiger charge is 2.53. The van der Waals surface area contributed by atoms with Crippen molar-refractivity contribution >= 4 is 41.8 Å². The van der Waals surface area contributed by atoms with Gasteiger partial charge in [-0.2, -0.15) is 0 Å². The molecule has 8 N–H and O–H groups in total. The van der Waals surface area contributed by atoms with Gasteiger partial charge in [0.25, 0.3) is 0 Å². The number of imidazole rings is 2. The standard InChI is InChI=1S/C21H25N10O11P/c22-15-9-17(26-3-24-15)30(5-28-9)19-11(33)13-7(39-19)1-38-43(35,36)42-14-12(34)21(40-8(32)2-37-13)41-20(14)31-6-29-10-16(23)25-4-27-18(10)31/h3-8,11-14,19-21,32-34H,1-2H2,(H,35,36)(H2,22,24,26)(H2,23,25,27). The monoisotopic (exact) mass is 624 g/mol. The molecule has 22 heteroatoms. The van der Waals surface area contributed by atoms with Gasteiger partial charge in [-0.15, -0.1) is 0 Å². The number of nitrogens with zero attached hydrogens (tertiary/aromatic N) is 8. The fraction of sp³-hybridized carbons (Fsp3) is 0.524. The van der Waals surface area contributed by atoms with Crippen molar-refractivity contribution in [3.8, 4) is 0 Å². The van der Waals surface area contributed by atoms with Gasteiger partial charge in [0.1, 0.15) is 54.2 Å². The average Bonchev–Trinajstić information content (AvgIpc) is 3.73. The quantitative estimate of drug-likeness (QED) is 0.126. The van der Waals surface area contributed by atoms with Crippen LogP contribution in [0.4, 0.5) is 11.6 Å². The van der Waals surface area contributed by atoms with Crippen LogP contribution < -0.4 is 11.5 Å². The van der Waals surface area contributed by atoms with E-state index >= 15 is 0 Å². The van der Waals surface area contributed by atoms with E-state index < -0.39 is 76.6 Å². The molecule has 0 aromatic carbocycles. The van der Waals surface area contributed by atoms with E-state index in [9.17, 15) is 24.8 Å². The zero-order valence-electron chi connectivity index (χ0n) is 21.7.